The summed E-state index contributed by atoms with van der Waals surface area (Å²) >= 11 is 0. The van der Waals surface area contributed by atoms with Crippen molar-refractivity contribution in [3.63, 3.8) is 0 Å². The molecule has 6 heteroatoms. The third-order valence-electron chi connectivity index (χ3n) is 5.33. The number of allylic oxidation sites excluding steroid dienone is 2. The van der Waals surface area contributed by atoms with Crippen molar-refractivity contribution in [1.82, 2.24) is 4.57 Å². The molecule has 1 aliphatic heterocycles. The Morgan fingerprint density at radius 1 is 1.17 bits per heavy atom. The van der Waals surface area contributed by atoms with Gasteiger partial charge in [0.25, 0.3) is 0 Å². The predicted octanol–water partition coefficient (Wildman–Crippen LogP) is 4.00. The van der Waals surface area contributed by atoms with Gasteiger partial charge >= 0.3 is 0 Å². The molecule has 2 heterocycles. The minimum absolute atomic E-state index is 0.366. The first-order valence-electron chi connectivity index (χ1n) is 9.85. The van der Waals surface area contributed by atoms with Crippen LogP contribution in [0.4, 0.5) is 4.39 Å². The Bertz CT molecular complexity index is 1070. The second-order valence-corrected chi connectivity index (χ2v) is 7.24. The lowest BCUT2D eigenvalue weighted by Crippen LogP contribution is -2.10. The maximum Gasteiger partial charge on any atom is 0.210 e. The Labute approximate surface area is 177 Å². The fourth-order valence-corrected chi connectivity index (χ4v) is 3.84. The van der Waals surface area contributed by atoms with Gasteiger partial charge in [0.05, 0.1) is 19.9 Å². The van der Waals surface area contributed by atoms with Crippen LogP contribution in [0.2, 0.25) is 0 Å². The molecule has 0 saturated carbocycles. The van der Waals surface area contributed by atoms with Crippen LogP contribution in [0.25, 0.3) is 17.7 Å². The fourth-order valence-electron chi connectivity index (χ4n) is 3.84. The van der Waals surface area contributed by atoms with E-state index in [1.54, 1.807) is 12.1 Å². The van der Waals surface area contributed by atoms with E-state index in [4.69, 9.17) is 15.2 Å². The number of likely N-dealkylation sites (N-methyl/N-ethyl adjacent to an activating group) is 1. The first-order valence-corrected chi connectivity index (χ1v) is 9.85. The van der Waals surface area contributed by atoms with Gasteiger partial charge in [0.15, 0.2) is 17.7 Å². The highest BCUT2D eigenvalue weighted by molar-refractivity contribution is 5.79. The fraction of sp³-hybridized carbons (Fsp3) is 0.292. The van der Waals surface area contributed by atoms with E-state index in [0.29, 0.717) is 23.6 Å². The second kappa shape index (κ2) is 9.13. The molecule has 1 aromatic carbocycles. The molecule has 2 N–H and O–H groups in total. The molecular weight excluding hydrogens is 381 g/mol. The number of ether oxygens (including phenoxy) is 2. The van der Waals surface area contributed by atoms with Gasteiger partial charge in [0.2, 0.25) is 5.70 Å². The smallest absolute Gasteiger partial charge is 0.210 e. The summed E-state index contributed by atoms with van der Waals surface area (Å²) in [6, 6.07) is 5.07. The van der Waals surface area contributed by atoms with Crippen LogP contribution in [0.15, 0.2) is 36.0 Å². The van der Waals surface area contributed by atoms with Crippen LogP contribution in [0, 0.1) is 12.7 Å². The van der Waals surface area contributed by atoms with Crippen molar-refractivity contribution in [3.8, 4) is 11.5 Å². The summed E-state index contributed by atoms with van der Waals surface area (Å²) in [4.78, 5) is 0. The largest absolute Gasteiger partial charge is 0.493 e. The number of halogens is 1. The molecule has 5 nitrogen and oxygen atoms in total. The Hall–Kier alpha value is -3.12. The van der Waals surface area contributed by atoms with Gasteiger partial charge < -0.3 is 19.8 Å². The van der Waals surface area contributed by atoms with E-state index in [1.165, 1.54) is 25.9 Å². The molecule has 0 radical (unpaired) electrons. The lowest BCUT2D eigenvalue weighted by atomic mass is 10.0. The second-order valence-electron chi connectivity index (χ2n) is 7.24. The molecular formula is C24H29FN3O2+. The van der Waals surface area contributed by atoms with Gasteiger partial charge in [0, 0.05) is 42.1 Å². The van der Waals surface area contributed by atoms with E-state index in [9.17, 15) is 4.39 Å². The van der Waals surface area contributed by atoms with Crippen molar-refractivity contribution in [2.24, 2.45) is 12.8 Å². The minimum atomic E-state index is -0.366. The summed E-state index contributed by atoms with van der Waals surface area (Å²) in [6.45, 7) is 2.65. The molecule has 158 valence electrons. The van der Waals surface area contributed by atoms with Gasteiger partial charge in [0.1, 0.15) is 12.9 Å². The highest BCUT2D eigenvalue weighted by Gasteiger charge is 2.22. The SMILES string of the molecule is COc1cc(F)c(C=Cc2cc(C)c(C(CCN)=C3C=CC=[N+]3C)n2C)cc1OC. The normalized spacial score (nSPS) is 15.1. The first-order chi connectivity index (χ1) is 14.4. The van der Waals surface area contributed by atoms with Crippen molar-refractivity contribution in [2.45, 2.75) is 13.3 Å². The molecule has 30 heavy (non-hydrogen) atoms. The van der Waals surface area contributed by atoms with Gasteiger partial charge in [-0.15, -0.1) is 0 Å². The van der Waals surface area contributed by atoms with Gasteiger partial charge in [-0.05, 0) is 49.7 Å². The van der Waals surface area contributed by atoms with Crippen molar-refractivity contribution >= 4 is 23.9 Å². The minimum Gasteiger partial charge on any atom is -0.493 e. The van der Waals surface area contributed by atoms with E-state index >= 15 is 0 Å². The maximum absolute atomic E-state index is 14.5. The summed E-state index contributed by atoms with van der Waals surface area (Å²) in [5.41, 5.74) is 11.9. The summed E-state index contributed by atoms with van der Waals surface area (Å²) in [5.74, 6) is 0.492. The zero-order valence-corrected chi connectivity index (χ0v) is 18.2. The standard InChI is InChI=1S/C24H29FN3O2/c1-16-13-18(9-8-17-14-22(29-4)23(30-5)15-20(17)25)28(3)24(16)19(10-11-26)21-7-6-12-27(21)2/h6-9,12-15H,10-11,26H2,1-5H3/q+1. The molecule has 2 aromatic rings. The van der Waals surface area contributed by atoms with E-state index in [1.807, 2.05) is 32.5 Å². The summed E-state index contributed by atoms with van der Waals surface area (Å²) in [6.07, 6.45) is 10.6. The van der Waals surface area contributed by atoms with Gasteiger partial charge in [-0.25, -0.2) is 8.97 Å². The number of methoxy groups -OCH3 is 2. The van der Waals surface area contributed by atoms with Gasteiger partial charge in [-0.2, -0.15) is 0 Å². The lowest BCUT2D eigenvalue weighted by molar-refractivity contribution is -0.428. The molecule has 0 spiro atoms. The zero-order valence-electron chi connectivity index (χ0n) is 18.2. The number of nitrogens with two attached hydrogens (primary N) is 1. The number of benzene rings is 1. The molecule has 0 saturated heterocycles. The number of hydrogen-bond acceptors (Lipinski definition) is 3. The van der Waals surface area contributed by atoms with Crippen LogP contribution in [0.1, 0.15) is 28.9 Å². The molecule has 3 rings (SSSR count). The Morgan fingerprint density at radius 3 is 2.47 bits per heavy atom. The molecule has 0 bridgehead atoms. The number of nitrogens with zero attached hydrogens (tertiary/aromatic N) is 2. The Morgan fingerprint density at radius 2 is 1.87 bits per heavy atom. The van der Waals surface area contributed by atoms with E-state index < -0.39 is 0 Å². The lowest BCUT2D eigenvalue weighted by Gasteiger charge is -2.12. The molecule has 1 aromatic heterocycles. The summed E-state index contributed by atoms with van der Waals surface area (Å²) in [7, 11) is 7.08. The van der Waals surface area contributed by atoms with Crippen molar-refractivity contribution in [1.29, 1.82) is 0 Å². The molecule has 0 atom stereocenters. The third kappa shape index (κ3) is 4.09. The molecule has 0 aliphatic carbocycles. The third-order valence-corrected chi connectivity index (χ3v) is 5.33. The van der Waals surface area contributed by atoms with E-state index in [2.05, 4.69) is 28.2 Å². The Balaban J connectivity index is 2.03. The summed E-state index contributed by atoms with van der Waals surface area (Å²) in [5, 5.41) is 0. The van der Waals surface area contributed by atoms with Crippen LogP contribution in [0.5, 0.6) is 11.5 Å². The topological polar surface area (TPSA) is 52.4 Å². The van der Waals surface area contributed by atoms with Crippen LogP contribution in [0.3, 0.4) is 0 Å². The predicted molar refractivity (Wildman–Crippen MR) is 121 cm³/mol. The monoisotopic (exact) mass is 410 g/mol. The van der Waals surface area contributed by atoms with Crippen molar-refractivity contribution in [3.05, 3.63) is 64.4 Å². The molecule has 0 unspecified atom stereocenters. The molecule has 0 fully saturated rings. The van der Waals surface area contributed by atoms with Gasteiger partial charge in [-0.3, -0.25) is 0 Å². The number of rotatable bonds is 7. The maximum atomic E-state index is 14.5. The highest BCUT2D eigenvalue weighted by atomic mass is 19.1. The van der Waals surface area contributed by atoms with E-state index in [-0.39, 0.29) is 5.82 Å². The quantitative estimate of drug-likeness (QED) is 0.702. The molecule has 1 aliphatic rings. The summed E-state index contributed by atoms with van der Waals surface area (Å²) < 4.78 is 29.2. The van der Waals surface area contributed by atoms with Crippen molar-refractivity contribution in [2.75, 3.05) is 27.8 Å². The van der Waals surface area contributed by atoms with Gasteiger partial charge in [-0.1, -0.05) is 0 Å². The van der Waals surface area contributed by atoms with Crippen LogP contribution in [-0.2, 0) is 7.05 Å². The first kappa shape index (κ1) is 21.6. The number of aromatic nitrogens is 1. The van der Waals surface area contributed by atoms with Crippen molar-refractivity contribution < 1.29 is 18.4 Å². The zero-order chi connectivity index (χ0) is 21.8. The average Bonchev–Trinajstić information content (AvgIpc) is 3.27. The highest BCUT2D eigenvalue weighted by Crippen LogP contribution is 2.32. The van der Waals surface area contributed by atoms with Crippen LogP contribution in [-0.4, -0.2) is 43.2 Å². The number of hydrogen-bond donors (Lipinski definition) is 1. The molecule has 0 amide bonds. The van der Waals surface area contributed by atoms with Crippen LogP contribution >= 0.6 is 0 Å². The van der Waals surface area contributed by atoms with Crippen LogP contribution < -0.4 is 15.2 Å². The Kier molecular flexibility index (Phi) is 6.57. The number of aryl methyl sites for hydroxylation is 1. The average molecular weight is 411 g/mol. The van der Waals surface area contributed by atoms with E-state index in [0.717, 1.165) is 29.1 Å².